The van der Waals surface area contributed by atoms with E-state index in [1.54, 1.807) is 10.9 Å². The summed E-state index contributed by atoms with van der Waals surface area (Å²) in [5.74, 6) is -0.626. The molecule has 5 aromatic rings. The lowest BCUT2D eigenvalue weighted by molar-refractivity contribution is 0.0507. The molecule has 0 radical (unpaired) electrons. The summed E-state index contributed by atoms with van der Waals surface area (Å²) in [6.07, 6.45) is 2.12. The smallest absolute Gasteiger partial charge is 0.279 e. The average molecular weight is 654 g/mol. The fourth-order valence-corrected chi connectivity index (χ4v) is 6.09. The van der Waals surface area contributed by atoms with Crippen LogP contribution in [0.3, 0.4) is 0 Å². The lowest BCUT2D eigenvalue weighted by Crippen LogP contribution is -2.40. The first-order chi connectivity index (χ1) is 22.5. The van der Waals surface area contributed by atoms with Crippen molar-refractivity contribution in [1.29, 1.82) is 0 Å². The van der Waals surface area contributed by atoms with Gasteiger partial charge in [-0.2, -0.15) is 29.8 Å². The van der Waals surface area contributed by atoms with E-state index in [0.717, 1.165) is 28.1 Å². The second kappa shape index (κ2) is 14.9. The van der Waals surface area contributed by atoms with E-state index in [2.05, 4.69) is 29.8 Å². The number of fused-ring (bicyclic) bond motifs is 1. The number of aryl methyl sites for hydroxylation is 1. The molecule has 47 heavy (non-hydrogen) atoms. The molecule has 1 N–H and O–H groups in total. The Morgan fingerprint density at radius 2 is 1.70 bits per heavy atom. The van der Waals surface area contributed by atoms with Crippen LogP contribution in [-0.2, 0) is 25.1 Å². The number of nitrogens with zero attached hydrogens (tertiary/aromatic N) is 5. The van der Waals surface area contributed by atoms with Crippen molar-refractivity contribution >= 4 is 24.9 Å². The van der Waals surface area contributed by atoms with Crippen molar-refractivity contribution in [1.82, 2.24) is 24.5 Å². The maximum atomic E-state index is 14.5. The first-order valence-corrected chi connectivity index (χ1v) is 19.5. The van der Waals surface area contributed by atoms with E-state index in [4.69, 9.17) is 9.47 Å². The standard InChI is InChI=1S/C36H43N5O5Si/c1-26(28-15-10-7-11-16-28)41(22-32(42)29-17-12-18-31-30(29)21-37-39(31)2)36(44)34-35(43)33(46-24-27-13-8-6-9-14-27)23-40(38-34)25-45-19-20-47(3,4)5/h6-18,21,23,26,32,42H,19-20,22,24-25H2,1-5H3/q-1/t26-,32?/m0/s1. The van der Waals surface area contributed by atoms with Gasteiger partial charge in [0.2, 0.25) is 0 Å². The molecule has 11 heteroatoms. The Balaban J connectivity index is 1.51. The summed E-state index contributed by atoms with van der Waals surface area (Å²) in [4.78, 5) is 29.9. The Morgan fingerprint density at radius 3 is 2.40 bits per heavy atom. The summed E-state index contributed by atoms with van der Waals surface area (Å²) in [5, 5.41) is 21.2. The van der Waals surface area contributed by atoms with E-state index in [9.17, 15) is 14.7 Å². The van der Waals surface area contributed by atoms with E-state index < -0.39 is 31.6 Å². The molecule has 0 saturated heterocycles. The zero-order valence-electron chi connectivity index (χ0n) is 27.7. The number of hydrogen-bond acceptors (Lipinski definition) is 7. The van der Waals surface area contributed by atoms with Crippen LogP contribution in [0.2, 0.25) is 25.7 Å². The minimum Gasteiger partial charge on any atom is -0.483 e. The molecule has 0 spiro atoms. The van der Waals surface area contributed by atoms with Gasteiger partial charge in [0.1, 0.15) is 13.3 Å². The lowest BCUT2D eigenvalue weighted by Gasteiger charge is -2.31. The second-order valence-corrected chi connectivity index (χ2v) is 18.6. The van der Waals surface area contributed by atoms with Crippen LogP contribution >= 0.6 is 0 Å². The number of rotatable bonds is 14. The first-order valence-electron chi connectivity index (χ1n) is 15.8. The zero-order valence-corrected chi connectivity index (χ0v) is 28.7. The summed E-state index contributed by atoms with van der Waals surface area (Å²) in [5.41, 5.74) is 2.28. The van der Waals surface area contributed by atoms with Gasteiger partial charge in [0.05, 0.1) is 36.6 Å². The fourth-order valence-electron chi connectivity index (χ4n) is 5.33. The van der Waals surface area contributed by atoms with E-state index in [-0.39, 0.29) is 31.3 Å². The van der Waals surface area contributed by atoms with Crippen LogP contribution in [0.1, 0.15) is 46.2 Å². The monoisotopic (exact) mass is 653 g/mol. The van der Waals surface area contributed by atoms with Crippen molar-refractivity contribution < 1.29 is 19.4 Å². The zero-order chi connectivity index (χ0) is 33.6. The van der Waals surface area contributed by atoms with E-state index >= 15 is 0 Å². The van der Waals surface area contributed by atoms with Gasteiger partial charge >= 0.3 is 0 Å². The Hall–Kier alpha value is -4.58. The maximum Gasteiger partial charge on any atom is 0.279 e. The molecule has 0 aliphatic carbocycles. The third-order valence-electron chi connectivity index (χ3n) is 8.16. The molecule has 1 amide bonds. The van der Waals surface area contributed by atoms with E-state index in [1.165, 1.54) is 15.8 Å². The van der Waals surface area contributed by atoms with Gasteiger partial charge in [0, 0.05) is 19.0 Å². The third-order valence-corrected chi connectivity index (χ3v) is 9.86. The highest BCUT2D eigenvalue weighted by atomic mass is 28.3. The van der Waals surface area contributed by atoms with Crippen molar-refractivity contribution in [3.63, 3.8) is 0 Å². The molecule has 0 fully saturated rings. The van der Waals surface area contributed by atoms with Crippen molar-refractivity contribution in [2.75, 3.05) is 13.2 Å². The third kappa shape index (κ3) is 8.42. The lowest BCUT2D eigenvalue weighted by atomic mass is 10.0. The average Bonchev–Trinajstić information content (AvgIpc) is 3.45. The fraction of sp³-hybridized carbons (Fsp3) is 0.333. The first kappa shape index (κ1) is 33.8. The molecule has 0 bridgehead atoms. The summed E-state index contributed by atoms with van der Waals surface area (Å²) in [6, 6.07) is 25.1. The number of amides is 1. The number of benzene rings is 3. The van der Waals surface area contributed by atoms with Crippen LogP contribution in [0.15, 0.2) is 96.1 Å². The summed E-state index contributed by atoms with van der Waals surface area (Å²) in [7, 11) is 0.505. The second-order valence-electron chi connectivity index (χ2n) is 12.9. The molecule has 0 aliphatic rings. The number of aromatic nitrogens is 4. The predicted molar refractivity (Wildman–Crippen MR) is 185 cm³/mol. The van der Waals surface area contributed by atoms with Gasteiger partial charge in [-0.15, -0.1) is 14.1 Å². The summed E-state index contributed by atoms with van der Waals surface area (Å²) in [6.45, 7) is 9.32. The van der Waals surface area contributed by atoms with Gasteiger partial charge in [0.25, 0.3) is 11.3 Å². The Kier molecular flexibility index (Phi) is 10.7. The Labute approximate surface area is 276 Å². The molecule has 2 heterocycles. The minimum atomic E-state index is -1.33. The normalized spacial score (nSPS) is 13.0. The molecule has 2 atom stereocenters. The Bertz CT molecular complexity index is 1850. The highest BCUT2D eigenvalue weighted by Gasteiger charge is 2.30. The molecular formula is C36H43N5O5Si-. The molecule has 10 nitrogen and oxygen atoms in total. The number of aliphatic hydroxyl groups excluding tert-OH is 1. The van der Waals surface area contributed by atoms with Crippen molar-refractivity contribution in [2.24, 2.45) is 7.05 Å². The van der Waals surface area contributed by atoms with Crippen LogP contribution in [-0.4, -0.2) is 56.7 Å². The van der Waals surface area contributed by atoms with Gasteiger partial charge < -0.3 is 19.5 Å². The molecule has 0 aliphatic heterocycles. The highest BCUT2D eigenvalue weighted by molar-refractivity contribution is 6.76. The van der Waals surface area contributed by atoms with Gasteiger partial charge in [-0.25, -0.2) is 4.68 Å². The Morgan fingerprint density at radius 1 is 1.00 bits per heavy atom. The van der Waals surface area contributed by atoms with Crippen molar-refractivity contribution in [2.45, 2.75) is 58.1 Å². The maximum absolute atomic E-state index is 14.5. The number of carbonyl (C=O) groups is 1. The van der Waals surface area contributed by atoms with E-state index in [0.29, 0.717) is 12.2 Å². The molecular weight excluding hydrogens is 611 g/mol. The minimum absolute atomic E-state index is 0.00556. The molecule has 1 unspecified atom stereocenters. The summed E-state index contributed by atoms with van der Waals surface area (Å²) < 4.78 is 15.1. The van der Waals surface area contributed by atoms with Crippen LogP contribution in [0.4, 0.5) is 0 Å². The highest BCUT2D eigenvalue weighted by Crippen LogP contribution is 2.29. The number of carbonyl (C=O) groups excluding carboxylic acids is 1. The van der Waals surface area contributed by atoms with Gasteiger partial charge in [0.15, 0.2) is 11.4 Å². The number of ether oxygens (including phenoxy) is 2. The van der Waals surface area contributed by atoms with Crippen LogP contribution in [0, 0.1) is 0 Å². The van der Waals surface area contributed by atoms with Gasteiger partial charge in [-0.3, -0.25) is 14.3 Å². The number of hydrogen-bond donors (Lipinski definition) is 1. The molecule has 3 aromatic carbocycles. The molecule has 5 rings (SSSR count). The van der Waals surface area contributed by atoms with Crippen LogP contribution in [0.25, 0.3) is 10.9 Å². The number of aliphatic hydroxyl groups is 1. The largest absolute Gasteiger partial charge is 0.483 e. The van der Waals surface area contributed by atoms with Crippen molar-refractivity contribution in [3.05, 3.63) is 124 Å². The van der Waals surface area contributed by atoms with Gasteiger partial charge in [-0.05, 0) is 29.7 Å². The van der Waals surface area contributed by atoms with Crippen LogP contribution < -0.4 is 10.2 Å². The van der Waals surface area contributed by atoms with E-state index in [1.807, 2.05) is 92.8 Å². The molecule has 2 aromatic heterocycles. The topological polar surface area (TPSA) is 112 Å². The predicted octanol–water partition coefficient (Wildman–Crippen LogP) is 5.96. The molecule has 0 saturated carbocycles. The van der Waals surface area contributed by atoms with Crippen LogP contribution in [0.5, 0.6) is 5.75 Å². The SMILES string of the molecule is C[C@@H](c1ccccc1)N(CC(O)c1cccc2c1cnn2C)C(=O)c1nn(COCC[Si-](C)(C)C)cc(OCc2ccccc2)c1=O. The molecule has 247 valence electrons. The summed E-state index contributed by atoms with van der Waals surface area (Å²) >= 11 is 0. The quantitative estimate of drug-likeness (QED) is 0.116. The van der Waals surface area contributed by atoms with Gasteiger partial charge in [-0.1, -0.05) is 72.8 Å². The van der Waals surface area contributed by atoms with Crippen molar-refractivity contribution in [3.8, 4) is 5.75 Å².